The highest BCUT2D eigenvalue weighted by Crippen LogP contribution is 2.16. The lowest BCUT2D eigenvalue weighted by Crippen LogP contribution is -2.17. The fourth-order valence-electron chi connectivity index (χ4n) is 2.10. The quantitative estimate of drug-likeness (QED) is 0.742. The fraction of sp³-hybridized carbons (Fsp3) is 0.750. The monoisotopic (exact) mass is 223 g/mol. The molecule has 16 heavy (non-hydrogen) atoms. The van der Waals surface area contributed by atoms with Crippen molar-refractivity contribution >= 4 is 0 Å². The molecule has 1 N–H and O–H groups in total. The van der Waals surface area contributed by atoms with Crippen molar-refractivity contribution in [2.24, 2.45) is 7.05 Å². The van der Waals surface area contributed by atoms with Crippen LogP contribution < -0.4 is 5.32 Å². The highest BCUT2D eigenvalue weighted by atomic mass is 16.5. The molecule has 1 aliphatic rings. The van der Waals surface area contributed by atoms with Gasteiger partial charge in [0.05, 0.1) is 11.8 Å². The van der Waals surface area contributed by atoms with E-state index in [1.165, 1.54) is 25.7 Å². The molecule has 0 amide bonds. The molecule has 1 unspecified atom stereocenters. The van der Waals surface area contributed by atoms with Crippen molar-refractivity contribution in [1.82, 2.24) is 15.1 Å². The van der Waals surface area contributed by atoms with Gasteiger partial charge >= 0.3 is 0 Å². The molecule has 90 valence electrons. The number of nitrogens with one attached hydrogen (secondary N) is 1. The molecule has 0 spiro atoms. The van der Waals surface area contributed by atoms with E-state index in [0.29, 0.717) is 6.10 Å². The first kappa shape index (κ1) is 11.6. The molecule has 0 aromatic carbocycles. The maximum absolute atomic E-state index is 5.58. The summed E-state index contributed by atoms with van der Waals surface area (Å²) in [6, 6.07) is 2.05. The van der Waals surface area contributed by atoms with E-state index in [4.69, 9.17) is 4.74 Å². The largest absolute Gasteiger partial charge is 0.378 e. The van der Waals surface area contributed by atoms with Crippen LogP contribution in [-0.4, -0.2) is 29.0 Å². The van der Waals surface area contributed by atoms with Crippen LogP contribution in [0.4, 0.5) is 0 Å². The summed E-state index contributed by atoms with van der Waals surface area (Å²) in [4.78, 5) is 0. The smallest absolute Gasteiger partial charge is 0.0762 e. The van der Waals surface area contributed by atoms with Crippen molar-refractivity contribution in [3.63, 3.8) is 0 Å². The van der Waals surface area contributed by atoms with Crippen molar-refractivity contribution < 1.29 is 4.74 Å². The second kappa shape index (κ2) is 6.01. The Kier molecular flexibility index (Phi) is 4.36. The summed E-state index contributed by atoms with van der Waals surface area (Å²) < 4.78 is 7.41. The Morgan fingerprint density at radius 3 is 3.25 bits per heavy atom. The van der Waals surface area contributed by atoms with Crippen LogP contribution in [0.5, 0.6) is 0 Å². The van der Waals surface area contributed by atoms with Gasteiger partial charge in [-0.3, -0.25) is 4.68 Å². The molecular formula is C12H21N3O. The summed E-state index contributed by atoms with van der Waals surface area (Å²) in [5, 5.41) is 7.72. The lowest BCUT2D eigenvalue weighted by atomic mass is 10.1. The molecule has 4 nitrogen and oxygen atoms in total. The standard InChI is InChI=1S/C12H21N3O/c1-15-8-6-11(14-15)10-13-7-2-4-12-5-3-9-16-12/h6,8,12-13H,2-5,7,9-10H2,1H3. The van der Waals surface area contributed by atoms with Crippen molar-refractivity contribution in [1.29, 1.82) is 0 Å². The zero-order valence-electron chi connectivity index (χ0n) is 9.98. The van der Waals surface area contributed by atoms with Crippen LogP contribution in [0.2, 0.25) is 0 Å². The number of rotatable bonds is 6. The van der Waals surface area contributed by atoms with Gasteiger partial charge in [0.25, 0.3) is 0 Å². The van der Waals surface area contributed by atoms with Gasteiger partial charge in [-0.1, -0.05) is 0 Å². The number of nitrogens with zero attached hydrogens (tertiary/aromatic N) is 2. The average Bonchev–Trinajstić information content (AvgIpc) is 2.89. The summed E-state index contributed by atoms with van der Waals surface area (Å²) in [5.41, 5.74) is 1.11. The van der Waals surface area contributed by atoms with Crippen LogP contribution in [-0.2, 0) is 18.3 Å². The van der Waals surface area contributed by atoms with Gasteiger partial charge in [-0.05, 0) is 38.3 Å². The third-order valence-corrected chi connectivity index (χ3v) is 2.98. The number of aromatic nitrogens is 2. The van der Waals surface area contributed by atoms with Gasteiger partial charge in [0.2, 0.25) is 0 Å². The minimum atomic E-state index is 0.525. The molecule has 0 bridgehead atoms. The third kappa shape index (κ3) is 3.61. The van der Waals surface area contributed by atoms with Crippen LogP contribution in [0.3, 0.4) is 0 Å². The van der Waals surface area contributed by atoms with Crippen LogP contribution in [0, 0.1) is 0 Å². The lowest BCUT2D eigenvalue weighted by Gasteiger charge is -2.08. The number of hydrogen-bond acceptors (Lipinski definition) is 3. The Bertz CT molecular complexity index is 305. The molecule has 2 heterocycles. The fourth-order valence-corrected chi connectivity index (χ4v) is 2.10. The van der Waals surface area contributed by atoms with Gasteiger partial charge in [-0.25, -0.2) is 0 Å². The van der Waals surface area contributed by atoms with E-state index in [2.05, 4.69) is 10.4 Å². The summed E-state index contributed by atoms with van der Waals surface area (Å²) in [6.07, 6.45) is 7.37. The summed E-state index contributed by atoms with van der Waals surface area (Å²) in [7, 11) is 1.95. The molecule has 0 radical (unpaired) electrons. The van der Waals surface area contributed by atoms with E-state index in [9.17, 15) is 0 Å². The molecule has 0 saturated carbocycles. The zero-order valence-corrected chi connectivity index (χ0v) is 9.98. The normalized spacial score (nSPS) is 20.4. The van der Waals surface area contributed by atoms with Gasteiger partial charge < -0.3 is 10.1 Å². The second-order valence-electron chi connectivity index (χ2n) is 4.43. The molecule has 1 aromatic rings. The van der Waals surface area contributed by atoms with Crippen LogP contribution in [0.25, 0.3) is 0 Å². The first-order chi connectivity index (χ1) is 7.84. The zero-order chi connectivity index (χ0) is 11.2. The molecule has 1 saturated heterocycles. The minimum absolute atomic E-state index is 0.525. The number of hydrogen-bond donors (Lipinski definition) is 1. The number of aryl methyl sites for hydroxylation is 1. The van der Waals surface area contributed by atoms with Gasteiger partial charge in [0.1, 0.15) is 0 Å². The predicted octanol–water partition coefficient (Wildman–Crippen LogP) is 1.47. The van der Waals surface area contributed by atoms with Crippen molar-refractivity contribution in [2.75, 3.05) is 13.2 Å². The first-order valence-electron chi connectivity index (χ1n) is 6.15. The molecule has 4 heteroatoms. The molecule has 1 fully saturated rings. The SMILES string of the molecule is Cn1ccc(CNCCCC2CCCO2)n1. The second-order valence-corrected chi connectivity index (χ2v) is 4.43. The topological polar surface area (TPSA) is 39.1 Å². The Hall–Kier alpha value is -0.870. The van der Waals surface area contributed by atoms with Gasteiger partial charge in [-0.2, -0.15) is 5.10 Å². The maximum atomic E-state index is 5.58. The van der Waals surface area contributed by atoms with Crippen molar-refractivity contribution in [3.8, 4) is 0 Å². The van der Waals surface area contributed by atoms with Crippen molar-refractivity contribution in [2.45, 2.75) is 38.3 Å². The summed E-state index contributed by atoms with van der Waals surface area (Å²) in [6.45, 7) is 2.88. The Labute approximate surface area is 97.0 Å². The van der Waals surface area contributed by atoms with Crippen molar-refractivity contribution in [3.05, 3.63) is 18.0 Å². The lowest BCUT2D eigenvalue weighted by molar-refractivity contribution is 0.102. The highest BCUT2D eigenvalue weighted by Gasteiger charge is 2.14. The first-order valence-corrected chi connectivity index (χ1v) is 6.15. The summed E-state index contributed by atoms with van der Waals surface area (Å²) >= 11 is 0. The number of ether oxygens (including phenoxy) is 1. The van der Waals surface area contributed by atoms with Crippen LogP contribution >= 0.6 is 0 Å². The van der Waals surface area contributed by atoms with Gasteiger partial charge in [0, 0.05) is 26.4 Å². The van der Waals surface area contributed by atoms with Gasteiger partial charge in [-0.15, -0.1) is 0 Å². The minimum Gasteiger partial charge on any atom is -0.378 e. The summed E-state index contributed by atoms with van der Waals surface area (Å²) in [5.74, 6) is 0. The van der Waals surface area contributed by atoms with Gasteiger partial charge in [0.15, 0.2) is 0 Å². The Morgan fingerprint density at radius 1 is 1.62 bits per heavy atom. The average molecular weight is 223 g/mol. The molecule has 1 aromatic heterocycles. The van der Waals surface area contributed by atoms with E-state index >= 15 is 0 Å². The van der Waals surface area contributed by atoms with E-state index in [1.54, 1.807) is 0 Å². The highest BCUT2D eigenvalue weighted by molar-refractivity contribution is 4.97. The van der Waals surface area contributed by atoms with Crippen LogP contribution in [0.15, 0.2) is 12.3 Å². The molecule has 2 rings (SSSR count). The third-order valence-electron chi connectivity index (χ3n) is 2.98. The van der Waals surface area contributed by atoms with E-state index in [-0.39, 0.29) is 0 Å². The maximum Gasteiger partial charge on any atom is 0.0762 e. The predicted molar refractivity (Wildman–Crippen MR) is 63.1 cm³/mol. The molecule has 1 atom stereocenters. The van der Waals surface area contributed by atoms with E-state index in [1.807, 2.05) is 24.0 Å². The van der Waals surface area contributed by atoms with E-state index < -0.39 is 0 Å². The Morgan fingerprint density at radius 2 is 2.56 bits per heavy atom. The molecular weight excluding hydrogens is 202 g/mol. The van der Waals surface area contributed by atoms with Crippen LogP contribution in [0.1, 0.15) is 31.4 Å². The van der Waals surface area contributed by atoms with E-state index in [0.717, 1.165) is 25.4 Å². The Balaban J connectivity index is 1.51. The molecule has 1 aliphatic heterocycles. The molecule has 0 aliphatic carbocycles.